The molecule has 1 N–H and O–H groups in total. The number of aliphatic hydroxyl groups is 1. The van der Waals surface area contributed by atoms with Crippen molar-refractivity contribution in [2.24, 2.45) is 0 Å². The van der Waals surface area contributed by atoms with Crippen LogP contribution in [-0.4, -0.2) is 37.0 Å². The van der Waals surface area contributed by atoms with E-state index in [4.69, 9.17) is 9.47 Å². The number of unbranched alkanes of at least 4 members (excludes halogenated alkanes) is 40. The van der Waals surface area contributed by atoms with Gasteiger partial charge in [0.15, 0.2) is 0 Å². The molecule has 4 heteroatoms. The second-order valence-corrected chi connectivity index (χ2v) is 18.0. The number of carbonyl (C=O) groups is 1. The topological polar surface area (TPSA) is 55.8 Å². The predicted octanol–water partition coefficient (Wildman–Crippen LogP) is 17.7. The molecule has 0 aromatic carbocycles. The summed E-state index contributed by atoms with van der Waals surface area (Å²) in [5.74, 6) is -0.193. The van der Waals surface area contributed by atoms with Crippen LogP contribution in [-0.2, 0) is 14.3 Å². The Kier molecular flexibility index (Phi) is 50.5. The van der Waals surface area contributed by atoms with Crippen LogP contribution >= 0.6 is 0 Å². The molecule has 0 saturated heterocycles. The molecule has 0 aliphatic rings. The molecule has 0 aromatic rings. The van der Waals surface area contributed by atoms with Crippen LogP contribution in [0.4, 0.5) is 0 Å². The molecule has 0 rings (SSSR count). The lowest BCUT2D eigenvalue weighted by atomic mass is 10.0. The van der Waals surface area contributed by atoms with E-state index in [9.17, 15) is 9.90 Å². The van der Waals surface area contributed by atoms with E-state index in [0.717, 1.165) is 19.3 Å². The quantitative estimate of drug-likeness (QED) is 0.0378. The number of hydrogen-bond acceptors (Lipinski definition) is 4. The van der Waals surface area contributed by atoms with Gasteiger partial charge in [-0.05, 0) is 38.5 Å². The summed E-state index contributed by atoms with van der Waals surface area (Å²) in [6.45, 7) is 5.41. The smallest absolute Gasteiger partial charge is 0.306 e. The lowest BCUT2D eigenvalue weighted by Gasteiger charge is -2.16. The Hall–Kier alpha value is -0.870. The molecule has 1 unspecified atom stereocenters. The molecule has 57 heavy (non-hydrogen) atoms. The van der Waals surface area contributed by atoms with Gasteiger partial charge in [0.05, 0.1) is 13.2 Å². The van der Waals surface area contributed by atoms with E-state index in [1.165, 1.54) is 257 Å². The van der Waals surface area contributed by atoms with Gasteiger partial charge in [-0.2, -0.15) is 0 Å². The first-order valence-corrected chi connectivity index (χ1v) is 26.3. The fourth-order valence-corrected chi connectivity index (χ4v) is 8.15. The third-order valence-electron chi connectivity index (χ3n) is 12.1. The van der Waals surface area contributed by atoms with Gasteiger partial charge in [-0.25, -0.2) is 0 Å². The number of aliphatic hydroxyl groups excluding tert-OH is 1. The summed E-state index contributed by atoms with van der Waals surface area (Å²) in [5.41, 5.74) is 0. The maximum atomic E-state index is 12.3. The van der Waals surface area contributed by atoms with E-state index >= 15 is 0 Å². The van der Waals surface area contributed by atoms with Crippen LogP contribution in [0.2, 0.25) is 0 Å². The fourth-order valence-electron chi connectivity index (χ4n) is 8.15. The van der Waals surface area contributed by atoms with Crippen molar-refractivity contribution >= 4 is 5.97 Å². The van der Waals surface area contributed by atoms with Gasteiger partial charge in [-0.1, -0.05) is 264 Å². The van der Waals surface area contributed by atoms with Crippen LogP contribution in [0.3, 0.4) is 0 Å². The molecule has 0 aliphatic carbocycles. The molecule has 0 fully saturated rings. The van der Waals surface area contributed by atoms with Crippen LogP contribution in [0.25, 0.3) is 0 Å². The summed E-state index contributed by atoms with van der Waals surface area (Å²) < 4.78 is 11.2. The molecule has 1 atom stereocenters. The largest absolute Gasteiger partial charge is 0.457 e. The lowest BCUT2D eigenvalue weighted by Crippen LogP contribution is -2.27. The molecular weight excluding hydrogens is 701 g/mol. The Labute approximate surface area is 358 Å². The van der Waals surface area contributed by atoms with Crippen molar-refractivity contribution in [2.45, 2.75) is 302 Å². The Morgan fingerprint density at radius 1 is 0.404 bits per heavy atom. The Bertz CT molecular complexity index is 766. The van der Waals surface area contributed by atoms with Crippen molar-refractivity contribution in [3.63, 3.8) is 0 Å². The number of rotatable bonds is 50. The highest BCUT2D eigenvalue weighted by molar-refractivity contribution is 5.69. The second-order valence-electron chi connectivity index (χ2n) is 18.0. The zero-order valence-corrected chi connectivity index (χ0v) is 39.1. The molecule has 4 nitrogen and oxygen atoms in total. The van der Waals surface area contributed by atoms with Crippen LogP contribution in [0, 0.1) is 0 Å². The van der Waals surface area contributed by atoms with Crippen molar-refractivity contribution in [3.8, 4) is 0 Å². The summed E-state index contributed by atoms with van der Waals surface area (Å²) in [6.07, 6.45) is 63.1. The van der Waals surface area contributed by atoms with E-state index in [0.29, 0.717) is 19.6 Å². The zero-order chi connectivity index (χ0) is 41.2. The van der Waals surface area contributed by atoms with Gasteiger partial charge in [0.25, 0.3) is 0 Å². The monoisotopic (exact) mass is 805 g/mol. The Morgan fingerprint density at radius 2 is 0.684 bits per heavy atom. The Balaban J connectivity index is 3.34. The first-order valence-electron chi connectivity index (χ1n) is 26.3. The second kappa shape index (κ2) is 51.3. The summed E-state index contributed by atoms with van der Waals surface area (Å²) in [5, 5.41) is 9.65. The minimum Gasteiger partial charge on any atom is -0.457 e. The average Bonchev–Trinajstić information content (AvgIpc) is 3.22. The fraction of sp³-hybridized carbons (Fsp3) is 0.943. The van der Waals surface area contributed by atoms with Crippen molar-refractivity contribution in [1.82, 2.24) is 0 Å². The highest BCUT2D eigenvalue weighted by Gasteiger charge is 2.13. The van der Waals surface area contributed by atoms with Crippen molar-refractivity contribution in [3.05, 3.63) is 12.2 Å². The molecule has 0 radical (unpaired) electrons. The molecule has 340 valence electrons. The summed E-state index contributed by atoms with van der Waals surface area (Å²) >= 11 is 0. The number of hydrogen-bond donors (Lipinski definition) is 1. The number of carbonyl (C=O) groups excluding carboxylic acids is 1. The molecule has 0 bridgehead atoms. The third kappa shape index (κ3) is 49.4. The van der Waals surface area contributed by atoms with Crippen LogP contribution in [0.15, 0.2) is 12.2 Å². The number of ether oxygens (including phenoxy) is 2. The van der Waals surface area contributed by atoms with Crippen molar-refractivity contribution < 1.29 is 19.4 Å². The van der Waals surface area contributed by atoms with E-state index in [-0.39, 0.29) is 12.6 Å². The molecule has 0 spiro atoms. The standard InChI is InChI=1S/C53H104O4/c1-3-5-7-9-11-13-15-17-19-21-23-25-26-27-28-29-30-32-34-36-38-40-42-44-46-48-53(55)57-52(50-54)51-56-49-47-45-43-41-39-37-35-33-31-24-22-20-18-16-14-12-10-8-6-4-2/h21,23,52,54H,3-20,22,24-51H2,1-2H3/b23-21-. The number of allylic oxidation sites excluding steroid dienone is 2. The minimum atomic E-state index is -0.529. The maximum absolute atomic E-state index is 12.3. The summed E-state index contributed by atoms with van der Waals surface area (Å²) in [4.78, 5) is 12.3. The summed E-state index contributed by atoms with van der Waals surface area (Å²) in [7, 11) is 0. The molecule has 0 amide bonds. The summed E-state index contributed by atoms with van der Waals surface area (Å²) in [6, 6.07) is 0. The molecule has 0 aliphatic heterocycles. The highest BCUT2D eigenvalue weighted by atomic mass is 16.6. The SMILES string of the molecule is CCCCCCCCCC/C=C\CCCCCCCCCCCCCCCC(=O)OC(CO)COCCCCCCCCCCCCCCCCCCCCCC. The van der Waals surface area contributed by atoms with Crippen LogP contribution < -0.4 is 0 Å². The third-order valence-corrected chi connectivity index (χ3v) is 12.1. The predicted molar refractivity (Wildman–Crippen MR) is 251 cm³/mol. The van der Waals surface area contributed by atoms with Gasteiger partial charge in [-0.3, -0.25) is 4.79 Å². The van der Waals surface area contributed by atoms with Gasteiger partial charge in [-0.15, -0.1) is 0 Å². The van der Waals surface area contributed by atoms with Crippen LogP contribution in [0.5, 0.6) is 0 Å². The molecule has 0 heterocycles. The minimum absolute atomic E-state index is 0.165. The van der Waals surface area contributed by atoms with Gasteiger partial charge >= 0.3 is 5.97 Å². The zero-order valence-electron chi connectivity index (χ0n) is 39.1. The van der Waals surface area contributed by atoms with E-state index in [1.54, 1.807) is 0 Å². The maximum Gasteiger partial charge on any atom is 0.306 e. The lowest BCUT2D eigenvalue weighted by molar-refractivity contribution is -0.154. The first kappa shape index (κ1) is 56.1. The van der Waals surface area contributed by atoms with E-state index < -0.39 is 6.10 Å². The van der Waals surface area contributed by atoms with Crippen molar-refractivity contribution in [1.29, 1.82) is 0 Å². The number of esters is 1. The van der Waals surface area contributed by atoms with Gasteiger partial charge in [0, 0.05) is 13.0 Å². The highest BCUT2D eigenvalue weighted by Crippen LogP contribution is 2.17. The average molecular weight is 805 g/mol. The Morgan fingerprint density at radius 3 is 1.00 bits per heavy atom. The van der Waals surface area contributed by atoms with E-state index in [2.05, 4.69) is 26.0 Å². The molecule has 0 aromatic heterocycles. The van der Waals surface area contributed by atoms with Gasteiger partial charge < -0.3 is 14.6 Å². The van der Waals surface area contributed by atoms with Crippen LogP contribution in [0.1, 0.15) is 296 Å². The first-order chi connectivity index (χ1) is 28.2. The van der Waals surface area contributed by atoms with Gasteiger partial charge in [0.1, 0.15) is 6.10 Å². The van der Waals surface area contributed by atoms with E-state index in [1.807, 2.05) is 0 Å². The molecule has 0 saturated carbocycles. The van der Waals surface area contributed by atoms with Gasteiger partial charge in [0.2, 0.25) is 0 Å². The molecular formula is C53H104O4. The normalized spacial score (nSPS) is 12.3. The van der Waals surface area contributed by atoms with Crippen molar-refractivity contribution in [2.75, 3.05) is 19.8 Å².